The van der Waals surface area contributed by atoms with Gasteiger partial charge in [0.2, 0.25) is 0 Å². The molecule has 0 amide bonds. The number of rotatable bonds is 8. The van der Waals surface area contributed by atoms with Crippen LogP contribution < -0.4 is 10.6 Å². The number of nitrogens with one attached hydrogen (secondary N) is 2. The fourth-order valence-electron chi connectivity index (χ4n) is 2.06. The summed E-state index contributed by atoms with van der Waals surface area (Å²) in [5.74, 6) is 0.997. The monoisotopic (exact) mass is 212 g/mol. The van der Waals surface area contributed by atoms with E-state index in [0.29, 0.717) is 6.10 Å². The van der Waals surface area contributed by atoms with Crippen molar-refractivity contribution in [1.82, 2.24) is 10.6 Å². The summed E-state index contributed by atoms with van der Waals surface area (Å²) in [7, 11) is 0. The lowest BCUT2D eigenvalue weighted by molar-refractivity contribution is 0.104. The molecule has 1 heterocycles. The summed E-state index contributed by atoms with van der Waals surface area (Å²) in [6, 6.07) is 0. The molecule has 0 spiro atoms. The Morgan fingerprint density at radius 3 is 2.60 bits per heavy atom. The normalized spacial score (nSPS) is 26.0. The third kappa shape index (κ3) is 4.96. The van der Waals surface area contributed by atoms with Gasteiger partial charge in [0.25, 0.3) is 0 Å². The predicted octanol–water partition coefficient (Wildman–Crippen LogP) is 1.14. The van der Waals surface area contributed by atoms with Crippen molar-refractivity contribution in [2.45, 2.75) is 38.2 Å². The molecule has 0 bridgehead atoms. The SMILES string of the molecule is C1COC(CCNCCNCC2CC2)C1. The largest absolute Gasteiger partial charge is 0.378 e. The Kier molecular flexibility index (Phi) is 4.90. The van der Waals surface area contributed by atoms with Crippen molar-refractivity contribution >= 4 is 0 Å². The molecule has 2 rings (SSSR count). The number of hydrogen-bond donors (Lipinski definition) is 2. The maximum absolute atomic E-state index is 5.56. The zero-order valence-electron chi connectivity index (χ0n) is 9.63. The Hall–Kier alpha value is -0.120. The van der Waals surface area contributed by atoms with Crippen LogP contribution in [-0.4, -0.2) is 38.9 Å². The second-order valence-electron chi connectivity index (χ2n) is 4.82. The van der Waals surface area contributed by atoms with E-state index in [1.54, 1.807) is 0 Å². The molecule has 0 radical (unpaired) electrons. The highest BCUT2D eigenvalue weighted by atomic mass is 16.5. The van der Waals surface area contributed by atoms with Gasteiger partial charge in [-0.15, -0.1) is 0 Å². The minimum atomic E-state index is 0.539. The van der Waals surface area contributed by atoms with Crippen molar-refractivity contribution in [2.75, 3.05) is 32.8 Å². The van der Waals surface area contributed by atoms with Gasteiger partial charge >= 0.3 is 0 Å². The summed E-state index contributed by atoms with van der Waals surface area (Å²) < 4.78 is 5.56. The van der Waals surface area contributed by atoms with Crippen molar-refractivity contribution in [2.24, 2.45) is 5.92 Å². The molecule has 0 aromatic carbocycles. The smallest absolute Gasteiger partial charge is 0.0588 e. The van der Waals surface area contributed by atoms with Gasteiger partial charge in [-0.05, 0) is 51.1 Å². The molecule has 0 aromatic heterocycles. The van der Waals surface area contributed by atoms with E-state index in [1.165, 1.54) is 38.6 Å². The van der Waals surface area contributed by atoms with Crippen LogP contribution in [0.1, 0.15) is 32.1 Å². The second kappa shape index (κ2) is 6.46. The predicted molar refractivity (Wildman–Crippen MR) is 62.1 cm³/mol. The van der Waals surface area contributed by atoms with Crippen LogP contribution >= 0.6 is 0 Å². The van der Waals surface area contributed by atoms with Gasteiger partial charge in [-0.1, -0.05) is 0 Å². The van der Waals surface area contributed by atoms with E-state index in [-0.39, 0.29) is 0 Å². The molecule has 0 aromatic rings. The van der Waals surface area contributed by atoms with Gasteiger partial charge in [0, 0.05) is 19.7 Å². The summed E-state index contributed by atoms with van der Waals surface area (Å²) in [6.07, 6.45) is 7.13. The lowest BCUT2D eigenvalue weighted by Crippen LogP contribution is -2.30. The lowest BCUT2D eigenvalue weighted by Gasteiger charge is -2.10. The van der Waals surface area contributed by atoms with Crippen LogP contribution in [0.4, 0.5) is 0 Å². The molecule has 1 unspecified atom stereocenters. The Balaban J connectivity index is 1.32. The van der Waals surface area contributed by atoms with Crippen molar-refractivity contribution in [3.8, 4) is 0 Å². The second-order valence-corrected chi connectivity index (χ2v) is 4.82. The van der Waals surface area contributed by atoms with Crippen LogP contribution in [0.5, 0.6) is 0 Å². The Bertz CT molecular complexity index is 165. The zero-order valence-corrected chi connectivity index (χ0v) is 9.63. The molecule has 1 atom stereocenters. The van der Waals surface area contributed by atoms with Crippen molar-refractivity contribution in [3.05, 3.63) is 0 Å². The quantitative estimate of drug-likeness (QED) is 0.592. The summed E-state index contributed by atoms with van der Waals surface area (Å²) in [6.45, 7) is 5.53. The average Bonchev–Trinajstić information content (AvgIpc) is 2.92. The van der Waals surface area contributed by atoms with Gasteiger partial charge in [0.15, 0.2) is 0 Å². The summed E-state index contributed by atoms with van der Waals surface area (Å²) in [5.41, 5.74) is 0. The Labute approximate surface area is 93.0 Å². The maximum atomic E-state index is 5.56. The molecule has 2 aliphatic rings. The van der Waals surface area contributed by atoms with E-state index in [0.717, 1.165) is 32.2 Å². The highest BCUT2D eigenvalue weighted by molar-refractivity contribution is 4.75. The van der Waals surface area contributed by atoms with Crippen molar-refractivity contribution < 1.29 is 4.74 Å². The first-order chi connectivity index (χ1) is 7.45. The van der Waals surface area contributed by atoms with E-state index in [1.807, 2.05) is 0 Å². The third-order valence-corrected chi connectivity index (χ3v) is 3.28. The molecule has 1 aliphatic heterocycles. The molecule has 2 fully saturated rings. The van der Waals surface area contributed by atoms with E-state index in [9.17, 15) is 0 Å². The topological polar surface area (TPSA) is 33.3 Å². The molecule has 3 nitrogen and oxygen atoms in total. The van der Waals surface area contributed by atoms with E-state index in [4.69, 9.17) is 4.74 Å². The molecule has 1 saturated carbocycles. The van der Waals surface area contributed by atoms with Crippen LogP contribution in [0.15, 0.2) is 0 Å². The number of hydrogen-bond acceptors (Lipinski definition) is 3. The van der Waals surface area contributed by atoms with Crippen LogP contribution in [0, 0.1) is 5.92 Å². The molecule has 1 saturated heterocycles. The minimum Gasteiger partial charge on any atom is -0.378 e. The van der Waals surface area contributed by atoms with E-state index >= 15 is 0 Å². The van der Waals surface area contributed by atoms with Gasteiger partial charge in [0.1, 0.15) is 0 Å². The standard InChI is InChI=1S/C12H24N2O/c1-2-12(15-9-1)5-6-13-7-8-14-10-11-3-4-11/h11-14H,1-10H2. The zero-order chi connectivity index (χ0) is 10.3. The first-order valence-corrected chi connectivity index (χ1v) is 6.48. The van der Waals surface area contributed by atoms with E-state index in [2.05, 4.69) is 10.6 Å². The third-order valence-electron chi connectivity index (χ3n) is 3.28. The molecular formula is C12H24N2O. The number of ether oxygens (including phenoxy) is 1. The lowest BCUT2D eigenvalue weighted by atomic mass is 10.2. The average molecular weight is 212 g/mol. The molecule has 2 N–H and O–H groups in total. The summed E-state index contributed by atoms with van der Waals surface area (Å²) >= 11 is 0. The van der Waals surface area contributed by atoms with Gasteiger partial charge < -0.3 is 15.4 Å². The van der Waals surface area contributed by atoms with Crippen LogP contribution in [0.3, 0.4) is 0 Å². The van der Waals surface area contributed by atoms with E-state index < -0.39 is 0 Å². The molecule has 3 heteroatoms. The van der Waals surface area contributed by atoms with Crippen LogP contribution in [0.2, 0.25) is 0 Å². The summed E-state index contributed by atoms with van der Waals surface area (Å²) in [5, 5.41) is 6.95. The van der Waals surface area contributed by atoms with Crippen LogP contribution in [0.25, 0.3) is 0 Å². The minimum absolute atomic E-state index is 0.539. The molecular weight excluding hydrogens is 188 g/mol. The maximum Gasteiger partial charge on any atom is 0.0588 e. The van der Waals surface area contributed by atoms with Crippen molar-refractivity contribution in [3.63, 3.8) is 0 Å². The van der Waals surface area contributed by atoms with Gasteiger partial charge in [0.05, 0.1) is 6.10 Å². The first-order valence-electron chi connectivity index (χ1n) is 6.48. The van der Waals surface area contributed by atoms with Gasteiger partial charge in [-0.2, -0.15) is 0 Å². The molecule has 88 valence electrons. The Morgan fingerprint density at radius 2 is 1.87 bits per heavy atom. The molecule has 15 heavy (non-hydrogen) atoms. The first kappa shape index (κ1) is 11.4. The highest BCUT2D eigenvalue weighted by Crippen LogP contribution is 2.27. The van der Waals surface area contributed by atoms with Gasteiger partial charge in [-0.25, -0.2) is 0 Å². The molecule has 1 aliphatic carbocycles. The fraction of sp³-hybridized carbons (Fsp3) is 1.00. The summed E-state index contributed by atoms with van der Waals surface area (Å²) in [4.78, 5) is 0. The highest BCUT2D eigenvalue weighted by Gasteiger charge is 2.19. The van der Waals surface area contributed by atoms with Crippen molar-refractivity contribution in [1.29, 1.82) is 0 Å². The Morgan fingerprint density at radius 1 is 1.00 bits per heavy atom. The van der Waals surface area contributed by atoms with Gasteiger partial charge in [-0.3, -0.25) is 0 Å². The fourth-order valence-corrected chi connectivity index (χ4v) is 2.06. The van der Waals surface area contributed by atoms with Crippen LogP contribution in [-0.2, 0) is 4.74 Å².